The van der Waals surface area contributed by atoms with Crippen molar-refractivity contribution >= 4 is 46.1 Å². The van der Waals surface area contributed by atoms with Crippen LogP contribution in [0.15, 0.2) is 67.0 Å². The fourth-order valence-corrected chi connectivity index (χ4v) is 2.96. The van der Waals surface area contributed by atoms with Gasteiger partial charge in [0.2, 0.25) is 0 Å². The van der Waals surface area contributed by atoms with E-state index < -0.39 is 5.91 Å². The number of nitrogens with one attached hydrogen (secondary N) is 2. The van der Waals surface area contributed by atoms with Crippen LogP contribution in [-0.4, -0.2) is 21.4 Å². The molecule has 4 N–H and O–H groups in total. The molecular formula is C19H16ClN5O. The normalized spacial score (nSPS) is 10.5. The van der Waals surface area contributed by atoms with Gasteiger partial charge in [-0.15, -0.1) is 12.4 Å². The second-order valence-corrected chi connectivity index (χ2v) is 5.68. The summed E-state index contributed by atoms with van der Waals surface area (Å²) in [5.41, 5.74) is 8.40. The highest BCUT2D eigenvalue weighted by Gasteiger charge is 2.16. The molecule has 0 fully saturated rings. The zero-order valence-corrected chi connectivity index (χ0v) is 14.5. The minimum absolute atomic E-state index is 0. The van der Waals surface area contributed by atoms with Gasteiger partial charge in [0.1, 0.15) is 0 Å². The largest absolute Gasteiger partial charge is 0.370 e. The highest BCUT2D eigenvalue weighted by Crippen LogP contribution is 2.26. The summed E-state index contributed by atoms with van der Waals surface area (Å²) in [6.45, 7) is 0. The highest BCUT2D eigenvalue weighted by atomic mass is 35.5. The maximum atomic E-state index is 12.4. The van der Waals surface area contributed by atoms with E-state index in [-0.39, 0.29) is 18.4 Å². The first-order valence-electron chi connectivity index (χ1n) is 7.74. The van der Waals surface area contributed by atoms with E-state index in [1.807, 2.05) is 59.2 Å². The molecule has 0 bridgehead atoms. The van der Waals surface area contributed by atoms with E-state index in [0.29, 0.717) is 5.56 Å². The fourth-order valence-electron chi connectivity index (χ4n) is 2.96. The van der Waals surface area contributed by atoms with Crippen LogP contribution in [0.3, 0.4) is 0 Å². The molecule has 0 saturated carbocycles. The molecule has 0 radical (unpaired) electrons. The molecule has 0 saturated heterocycles. The Balaban J connectivity index is 0.00000196. The van der Waals surface area contributed by atoms with E-state index >= 15 is 0 Å². The van der Waals surface area contributed by atoms with Crippen LogP contribution >= 0.6 is 12.4 Å². The second kappa shape index (κ2) is 6.85. The number of fused-ring (bicyclic) bond motifs is 2. The Morgan fingerprint density at radius 3 is 2.65 bits per heavy atom. The standard InChI is InChI=1S/C19H15N5O.ClH/c20-19(21)23-18(25)15-11-24(17-8-4-2-6-14(15)17)13-9-12-5-1-3-7-16(12)22-10-13;/h1-11H,(H4,20,21,23,25);1H. The van der Waals surface area contributed by atoms with Gasteiger partial charge >= 0.3 is 0 Å². The zero-order valence-electron chi connectivity index (χ0n) is 13.6. The second-order valence-electron chi connectivity index (χ2n) is 5.68. The quantitative estimate of drug-likeness (QED) is 0.376. The Morgan fingerprint density at radius 1 is 1.12 bits per heavy atom. The number of rotatable bonds is 2. The van der Waals surface area contributed by atoms with Crippen LogP contribution in [-0.2, 0) is 0 Å². The highest BCUT2D eigenvalue weighted by molar-refractivity contribution is 6.12. The molecule has 1 amide bonds. The van der Waals surface area contributed by atoms with Crippen LogP contribution < -0.4 is 11.1 Å². The summed E-state index contributed by atoms with van der Waals surface area (Å²) < 4.78 is 1.92. The van der Waals surface area contributed by atoms with Gasteiger partial charge in [-0.2, -0.15) is 0 Å². The first-order valence-corrected chi connectivity index (χ1v) is 7.74. The minimum Gasteiger partial charge on any atom is -0.370 e. The van der Waals surface area contributed by atoms with E-state index in [0.717, 1.165) is 27.5 Å². The van der Waals surface area contributed by atoms with Crippen LogP contribution in [0.1, 0.15) is 10.4 Å². The third kappa shape index (κ3) is 2.98. The van der Waals surface area contributed by atoms with Gasteiger partial charge in [0.05, 0.1) is 28.5 Å². The Bertz CT molecular complexity index is 1140. The maximum Gasteiger partial charge on any atom is 0.260 e. The molecule has 2 aromatic carbocycles. The first-order chi connectivity index (χ1) is 12.1. The van der Waals surface area contributed by atoms with Crippen molar-refractivity contribution in [3.63, 3.8) is 0 Å². The van der Waals surface area contributed by atoms with Crippen molar-refractivity contribution in [2.24, 2.45) is 5.73 Å². The van der Waals surface area contributed by atoms with Crippen molar-refractivity contribution in [1.29, 1.82) is 5.41 Å². The van der Waals surface area contributed by atoms with Crippen molar-refractivity contribution in [1.82, 2.24) is 14.9 Å². The predicted molar refractivity (Wildman–Crippen MR) is 105 cm³/mol. The summed E-state index contributed by atoms with van der Waals surface area (Å²) in [5.74, 6) is -0.787. The third-order valence-corrected chi connectivity index (χ3v) is 4.06. The number of benzene rings is 2. The van der Waals surface area contributed by atoms with Gasteiger partial charge in [-0.05, 0) is 18.2 Å². The van der Waals surface area contributed by atoms with Crippen LogP contribution in [0.25, 0.3) is 27.5 Å². The third-order valence-electron chi connectivity index (χ3n) is 4.06. The summed E-state index contributed by atoms with van der Waals surface area (Å²) in [4.78, 5) is 16.9. The smallest absolute Gasteiger partial charge is 0.260 e. The van der Waals surface area contributed by atoms with Crippen molar-refractivity contribution in [2.75, 3.05) is 0 Å². The van der Waals surface area contributed by atoms with E-state index in [1.54, 1.807) is 12.4 Å². The van der Waals surface area contributed by atoms with Gasteiger partial charge in [-0.1, -0.05) is 36.4 Å². The topological polar surface area (TPSA) is 96.8 Å². The van der Waals surface area contributed by atoms with E-state index in [4.69, 9.17) is 11.1 Å². The number of hydrogen-bond acceptors (Lipinski definition) is 3. The fraction of sp³-hybridized carbons (Fsp3) is 0. The van der Waals surface area contributed by atoms with Gasteiger partial charge in [0.15, 0.2) is 5.96 Å². The molecule has 4 rings (SSSR count). The van der Waals surface area contributed by atoms with Gasteiger partial charge < -0.3 is 10.3 Å². The van der Waals surface area contributed by atoms with Gasteiger partial charge in [0.25, 0.3) is 5.91 Å². The van der Waals surface area contributed by atoms with Crippen molar-refractivity contribution < 1.29 is 4.79 Å². The summed E-state index contributed by atoms with van der Waals surface area (Å²) in [6.07, 6.45) is 3.52. The first kappa shape index (κ1) is 17.4. The van der Waals surface area contributed by atoms with Crippen molar-refractivity contribution in [2.45, 2.75) is 0 Å². The molecule has 0 aliphatic heterocycles. The lowest BCUT2D eigenvalue weighted by molar-refractivity contribution is 0.0978. The average molecular weight is 366 g/mol. The van der Waals surface area contributed by atoms with Crippen molar-refractivity contribution in [3.8, 4) is 5.69 Å². The molecule has 4 aromatic rings. The molecule has 6 nitrogen and oxygen atoms in total. The predicted octanol–water partition coefficient (Wildman–Crippen LogP) is 3.22. The molecule has 0 aliphatic carbocycles. The number of nitrogens with zero attached hydrogens (tertiary/aromatic N) is 2. The molecule has 0 aliphatic rings. The number of carbonyl (C=O) groups excluding carboxylic acids is 1. The number of amides is 1. The lowest BCUT2D eigenvalue weighted by Crippen LogP contribution is -2.35. The van der Waals surface area contributed by atoms with Crippen LogP contribution in [0.2, 0.25) is 0 Å². The lowest BCUT2D eigenvalue weighted by atomic mass is 10.1. The molecule has 130 valence electrons. The SMILES string of the molecule is Cl.N=C(N)NC(=O)c1cn(-c2cnc3ccccc3c2)c2ccccc12. The Hall–Kier alpha value is -3.38. The van der Waals surface area contributed by atoms with E-state index in [2.05, 4.69) is 10.3 Å². The number of hydrogen-bond donors (Lipinski definition) is 3. The Kier molecular flexibility index (Phi) is 4.60. The molecule has 0 unspecified atom stereocenters. The average Bonchev–Trinajstić information content (AvgIpc) is 3.00. The van der Waals surface area contributed by atoms with Gasteiger partial charge in [-0.3, -0.25) is 20.5 Å². The maximum absolute atomic E-state index is 12.4. The van der Waals surface area contributed by atoms with Crippen LogP contribution in [0, 0.1) is 5.41 Å². The lowest BCUT2D eigenvalue weighted by Gasteiger charge is -2.06. The van der Waals surface area contributed by atoms with E-state index in [1.165, 1.54) is 0 Å². The molecule has 2 aromatic heterocycles. The van der Waals surface area contributed by atoms with Crippen LogP contribution in [0.5, 0.6) is 0 Å². The monoisotopic (exact) mass is 365 g/mol. The van der Waals surface area contributed by atoms with Crippen LogP contribution in [0.4, 0.5) is 0 Å². The summed E-state index contributed by atoms with van der Waals surface area (Å²) in [7, 11) is 0. The number of nitrogens with two attached hydrogens (primary N) is 1. The minimum atomic E-state index is -0.406. The zero-order chi connectivity index (χ0) is 17.4. The number of pyridine rings is 1. The summed E-state index contributed by atoms with van der Waals surface area (Å²) >= 11 is 0. The molecular weight excluding hydrogens is 350 g/mol. The number of aromatic nitrogens is 2. The Morgan fingerprint density at radius 2 is 1.85 bits per heavy atom. The molecule has 26 heavy (non-hydrogen) atoms. The number of guanidine groups is 1. The van der Waals surface area contributed by atoms with Gasteiger partial charge in [-0.25, -0.2) is 0 Å². The van der Waals surface area contributed by atoms with Gasteiger partial charge in [0, 0.05) is 17.0 Å². The van der Waals surface area contributed by atoms with E-state index in [9.17, 15) is 4.79 Å². The Labute approximate surface area is 155 Å². The summed E-state index contributed by atoms with van der Waals surface area (Å²) in [5, 5.41) is 11.4. The summed E-state index contributed by atoms with van der Waals surface area (Å²) in [6, 6.07) is 17.5. The number of carbonyl (C=O) groups is 1. The molecule has 2 heterocycles. The van der Waals surface area contributed by atoms with Crippen molar-refractivity contribution in [3.05, 3.63) is 72.6 Å². The molecule has 0 spiro atoms. The number of halogens is 1. The number of para-hydroxylation sites is 2. The molecule has 7 heteroatoms. The molecule has 0 atom stereocenters.